The minimum Gasteiger partial charge on any atom is -0.462 e. The van der Waals surface area contributed by atoms with Crippen LogP contribution in [-0.2, 0) is 19.1 Å². The number of aliphatic hydroxyl groups is 1. The van der Waals surface area contributed by atoms with Crippen LogP contribution in [0.4, 0.5) is 0 Å². The molecule has 0 spiro atoms. The largest absolute Gasteiger partial charge is 0.462 e. The molecule has 0 aliphatic carbocycles. The molecule has 0 fully saturated rings. The van der Waals surface area contributed by atoms with Gasteiger partial charge in [0.05, 0.1) is 6.61 Å². The van der Waals surface area contributed by atoms with E-state index in [1.165, 1.54) is 360 Å². The van der Waals surface area contributed by atoms with Crippen molar-refractivity contribution in [3.8, 4) is 0 Å². The number of hydrogen-bond acceptors (Lipinski definition) is 5. The number of hydrogen-bond donors (Lipinski definition) is 1. The maximum absolute atomic E-state index is 12.4. The van der Waals surface area contributed by atoms with E-state index < -0.39 is 6.10 Å². The molecular formula is C83H154O5. The third-order valence-corrected chi connectivity index (χ3v) is 18.3. The van der Waals surface area contributed by atoms with Crippen molar-refractivity contribution in [2.75, 3.05) is 13.2 Å². The summed E-state index contributed by atoms with van der Waals surface area (Å²) in [5, 5.41) is 9.73. The van der Waals surface area contributed by atoms with Crippen LogP contribution in [0.1, 0.15) is 438 Å². The van der Waals surface area contributed by atoms with Gasteiger partial charge >= 0.3 is 11.9 Å². The van der Waals surface area contributed by atoms with Gasteiger partial charge in [0.15, 0.2) is 6.10 Å². The number of carbonyl (C=O) groups is 2. The Morgan fingerprint density at radius 3 is 0.682 bits per heavy atom. The summed E-state index contributed by atoms with van der Waals surface area (Å²) in [5.41, 5.74) is 0. The minimum absolute atomic E-state index is 0.0597. The van der Waals surface area contributed by atoms with E-state index >= 15 is 0 Å². The van der Waals surface area contributed by atoms with Crippen molar-refractivity contribution in [1.29, 1.82) is 0 Å². The van der Waals surface area contributed by atoms with Crippen LogP contribution in [-0.4, -0.2) is 36.4 Å². The van der Waals surface area contributed by atoms with Crippen molar-refractivity contribution in [1.82, 2.24) is 0 Å². The zero-order valence-electron chi connectivity index (χ0n) is 59.5. The van der Waals surface area contributed by atoms with E-state index in [2.05, 4.69) is 74.6 Å². The van der Waals surface area contributed by atoms with Gasteiger partial charge in [-0.25, -0.2) is 0 Å². The maximum Gasteiger partial charge on any atom is 0.306 e. The van der Waals surface area contributed by atoms with Crippen LogP contribution in [0.25, 0.3) is 0 Å². The Labute approximate surface area is 551 Å². The van der Waals surface area contributed by atoms with E-state index in [1.54, 1.807) is 0 Å². The molecule has 516 valence electrons. The first-order chi connectivity index (χ1) is 43.6. The van der Waals surface area contributed by atoms with Crippen molar-refractivity contribution < 1.29 is 24.2 Å². The molecule has 1 N–H and O–H groups in total. The monoisotopic (exact) mass is 1230 g/mol. The summed E-state index contributed by atoms with van der Waals surface area (Å²) in [6, 6.07) is 0. The van der Waals surface area contributed by atoms with Crippen molar-refractivity contribution in [2.24, 2.45) is 0 Å². The first-order valence-electron chi connectivity index (χ1n) is 39.8. The lowest BCUT2D eigenvalue weighted by Crippen LogP contribution is -2.28. The van der Waals surface area contributed by atoms with E-state index in [9.17, 15) is 14.7 Å². The molecule has 0 aromatic carbocycles. The van der Waals surface area contributed by atoms with Gasteiger partial charge in [0.25, 0.3) is 0 Å². The van der Waals surface area contributed by atoms with Gasteiger partial charge < -0.3 is 14.6 Å². The number of carbonyl (C=O) groups excluding carboxylic acids is 2. The van der Waals surface area contributed by atoms with Crippen LogP contribution < -0.4 is 0 Å². The van der Waals surface area contributed by atoms with Crippen LogP contribution in [0.15, 0.2) is 60.8 Å². The Kier molecular flexibility index (Phi) is 76.7. The fourth-order valence-electron chi connectivity index (χ4n) is 12.3. The Balaban J connectivity index is 3.37. The predicted molar refractivity (Wildman–Crippen MR) is 390 cm³/mol. The van der Waals surface area contributed by atoms with E-state index in [0.717, 1.165) is 51.4 Å². The second kappa shape index (κ2) is 78.8. The Morgan fingerprint density at radius 1 is 0.261 bits per heavy atom. The van der Waals surface area contributed by atoms with Gasteiger partial charge in [-0.15, -0.1) is 0 Å². The highest BCUT2D eigenvalue weighted by atomic mass is 16.6. The van der Waals surface area contributed by atoms with Crippen molar-refractivity contribution in [3.05, 3.63) is 60.8 Å². The fraction of sp³-hybridized carbons (Fsp3) is 0.855. The highest BCUT2D eigenvalue weighted by Gasteiger charge is 2.16. The normalized spacial score (nSPS) is 12.4. The standard InChI is InChI=1S/C83H154O5/c1-3-5-7-9-11-13-15-17-19-21-23-25-27-29-31-33-35-37-39-40-41-42-44-46-48-50-52-54-56-58-60-62-64-66-68-70-72-74-76-78-83(86)88-81(79-84)80-87-82(85)77-75-73-71-69-67-65-63-61-59-57-55-53-51-49-47-45-43-38-36-34-32-30-28-26-24-22-20-18-16-14-12-10-8-6-4-2/h15-18,21-24,27,29,81,84H,3-14,19-20,25-26,28,30-80H2,1-2H3/b17-15-,18-16-,23-21-,24-22-,29-27-. The smallest absolute Gasteiger partial charge is 0.306 e. The van der Waals surface area contributed by atoms with Crippen LogP contribution >= 0.6 is 0 Å². The Hall–Kier alpha value is -2.40. The van der Waals surface area contributed by atoms with E-state index in [-0.39, 0.29) is 25.2 Å². The van der Waals surface area contributed by atoms with Gasteiger partial charge in [-0.1, -0.05) is 402 Å². The molecule has 0 radical (unpaired) electrons. The third-order valence-electron chi connectivity index (χ3n) is 18.3. The molecule has 1 atom stereocenters. The lowest BCUT2D eigenvalue weighted by Gasteiger charge is -2.15. The zero-order valence-corrected chi connectivity index (χ0v) is 59.5. The van der Waals surface area contributed by atoms with Crippen molar-refractivity contribution >= 4 is 11.9 Å². The average molecular weight is 1230 g/mol. The molecule has 0 saturated carbocycles. The third kappa shape index (κ3) is 76.1. The molecule has 5 nitrogen and oxygen atoms in total. The molecule has 0 aromatic rings. The van der Waals surface area contributed by atoms with Gasteiger partial charge in [0.1, 0.15) is 6.61 Å². The summed E-state index contributed by atoms with van der Waals surface area (Å²) in [4.78, 5) is 24.7. The molecule has 0 heterocycles. The van der Waals surface area contributed by atoms with Crippen LogP contribution in [0.5, 0.6) is 0 Å². The van der Waals surface area contributed by atoms with Gasteiger partial charge in [0, 0.05) is 12.8 Å². The fourth-order valence-corrected chi connectivity index (χ4v) is 12.3. The molecule has 0 rings (SSSR count). The van der Waals surface area contributed by atoms with Crippen LogP contribution in [0.3, 0.4) is 0 Å². The highest BCUT2D eigenvalue weighted by Crippen LogP contribution is 2.20. The Morgan fingerprint density at radius 2 is 0.455 bits per heavy atom. The number of rotatable bonds is 75. The SMILES string of the molecule is CCCCCCC/C=C\C/C=C\C/C=C\CCCCCCCCCCCCCCCCCCCCCCCCCCC(=O)OC(CO)COC(=O)CCCCCCCCCCCCCCCCCCCCCCCCC/C=C\C/C=C\CCCCCCC. The molecule has 5 heteroatoms. The van der Waals surface area contributed by atoms with Crippen molar-refractivity contribution in [2.45, 2.75) is 444 Å². The highest BCUT2D eigenvalue weighted by molar-refractivity contribution is 5.70. The second-order valence-electron chi connectivity index (χ2n) is 27.1. The average Bonchev–Trinajstić information content (AvgIpc) is 3.54. The number of esters is 2. The second-order valence-corrected chi connectivity index (χ2v) is 27.1. The molecule has 0 saturated heterocycles. The molecule has 0 bridgehead atoms. The molecule has 0 aliphatic heterocycles. The number of unbranched alkanes of at least 4 members (excludes halogenated alkanes) is 57. The number of allylic oxidation sites excluding steroid dienone is 10. The van der Waals surface area contributed by atoms with Gasteiger partial charge in [0.2, 0.25) is 0 Å². The first-order valence-corrected chi connectivity index (χ1v) is 39.8. The lowest BCUT2D eigenvalue weighted by atomic mass is 10.0. The predicted octanol–water partition coefficient (Wildman–Crippen LogP) is 28.0. The lowest BCUT2D eigenvalue weighted by molar-refractivity contribution is -0.161. The quantitative estimate of drug-likeness (QED) is 0.0373. The van der Waals surface area contributed by atoms with E-state index in [1.807, 2.05) is 0 Å². The zero-order chi connectivity index (χ0) is 63.3. The van der Waals surface area contributed by atoms with E-state index in [4.69, 9.17) is 9.47 Å². The van der Waals surface area contributed by atoms with Gasteiger partial charge in [-0.2, -0.15) is 0 Å². The summed E-state index contributed by atoms with van der Waals surface area (Å²) in [6.07, 6.45) is 109. The van der Waals surface area contributed by atoms with Crippen LogP contribution in [0.2, 0.25) is 0 Å². The summed E-state index contributed by atoms with van der Waals surface area (Å²) in [6.45, 7) is 4.18. The topological polar surface area (TPSA) is 72.8 Å². The van der Waals surface area contributed by atoms with Gasteiger partial charge in [-0.05, 0) is 83.5 Å². The maximum atomic E-state index is 12.4. The van der Waals surface area contributed by atoms with Gasteiger partial charge in [-0.3, -0.25) is 9.59 Å². The molecule has 0 aliphatic rings. The number of aliphatic hydroxyl groups excluding tert-OH is 1. The van der Waals surface area contributed by atoms with E-state index in [0.29, 0.717) is 12.8 Å². The molecule has 0 amide bonds. The van der Waals surface area contributed by atoms with Crippen molar-refractivity contribution in [3.63, 3.8) is 0 Å². The summed E-state index contributed by atoms with van der Waals surface area (Å²) in [7, 11) is 0. The molecule has 1 unspecified atom stereocenters. The Bertz CT molecular complexity index is 1490. The molecule has 0 aromatic heterocycles. The summed E-state index contributed by atoms with van der Waals surface area (Å²) < 4.78 is 10.8. The van der Waals surface area contributed by atoms with Crippen LogP contribution in [0, 0.1) is 0 Å². The minimum atomic E-state index is -0.771. The first kappa shape index (κ1) is 85.6. The number of ether oxygens (including phenoxy) is 2. The summed E-state index contributed by atoms with van der Waals surface area (Å²) >= 11 is 0. The molecular weight excluding hydrogens is 1080 g/mol. The molecule has 88 heavy (non-hydrogen) atoms. The summed E-state index contributed by atoms with van der Waals surface area (Å²) in [5.74, 6) is -0.564.